The summed E-state index contributed by atoms with van der Waals surface area (Å²) < 4.78 is 12.1. The van der Waals surface area contributed by atoms with Gasteiger partial charge in [0.05, 0.1) is 5.25 Å². The Morgan fingerprint density at radius 2 is 2.00 bits per heavy atom. The number of nitrogens with one attached hydrogen (secondary N) is 1. The predicted octanol–water partition coefficient (Wildman–Crippen LogP) is 4.17. The Morgan fingerprint density at radius 1 is 1.19 bits per heavy atom. The van der Waals surface area contributed by atoms with Crippen molar-refractivity contribution < 1.29 is 14.3 Å². The molecule has 1 heterocycles. The van der Waals surface area contributed by atoms with Crippen LogP contribution in [0.3, 0.4) is 0 Å². The Bertz CT molecular complexity index is 828. The number of hydrogen-bond acceptors (Lipinski definition) is 5. The molecule has 0 aliphatic carbocycles. The van der Waals surface area contributed by atoms with Gasteiger partial charge in [0.1, 0.15) is 29.0 Å². The molecule has 0 spiro atoms. The third-order valence-corrected chi connectivity index (χ3v) is 5.40. The van der Waals surface area contributed by atoms with Gasteiger partial charge in [0.25, 0.3) is 0 Å². The minimum atomic E-state index is -0.258. The van der Waals surface area contributed by atoms with E-state index in [9.17, 15) is 4.79 Å². The van der Waals surface area contributed by atoms with Crippen LogP contribution in [0.2, 0.25) is 5.02 Å². The topological polar surface area (TPSA) is 47.6 Å². The first-order chi connectivity index (χ1) is 12.5. The molecule has 1 amide bonds. The second-order valence-electron chi connectivity index (χ2n) is 5.85. The van der Waals surface area contributed by atoms with E-state index in [0.717, 1.165) is 16.9 Å². The van der Waals surface area contributed by atoms with E-state index in [4.69, 9.17) is 33.3 Å². The number of rotatable bonds is 7. The summed E-state index contributed by atoms with van der Waals surface area (Å²) in [5, 5.41) is 3.01. The largest absolute Gasteiger partial charge is 0.490 e. The lowest BCUT2D eigenvalue weighted by molar-refractivity contribution is -0.118. The van der Waals surface area contributed by atoms with Crippen molar-refractivity contribution in [3.8, 4) is 11.5 Å². The molecule has 0 bridgehead atoms. The first kappa shape index (κ1) is 19.0. The monoisotopic (exact) mass is 407 g/mol. The van der Waals surface area contributed by atoms with E-state index in [1.54, 1.807) is 6.07 Å². The number of thioether (sulfide) groups is 1. The molecule has 2 aromatic rings. The maximum atomic E-state index is 11.9. The molecule has 0 aromatic heterocycles. The number of carbonyl (C=O) groups is 1. The minimum absolute atomic E-state index is 0.0753. The van der Waals surface area contributed by atoms with E-state index < -0.39 is 0 Å². The zero-order valence-electron chi connectivity index (χ0n) is 14.2. The van der Waals surface area contributed by atoms with E-state index in [1.165, 1.54) is 11.8 Å². The number of thiocarbonyl (C=S) groups is 1. The van der Waals surface area contributed by atoms with Crippen LogP contribution in [0.4, 0.5) is 0 Å². The van der Waals surface area contributed by atoms with Gasteiger partial charge in [0, 0.05) is 5.02 Å². The Hall–Kier alpha value is -1.76. The van der Waals surface area contributed by atoms with Crippen molar-refractivity contribution in [1.29, 1.82) is 0 Å². The molecule has 1 aliphatic rings. The van der Waals surface area contributed by atoms with Gasteiger partial charge in [-0.05, 0) is 54.8 Å². The summed E-state index contributed by atoms with van der Waals surface area (Å²) in [4.78, 5) is 11.9. The standard InChI is InChI=1S/C19H18ClNO3S2/c1-12-3-2-4-15(9-12)23-7-8-24-16-6-5-14(20)10-13(16)11-17-18(22)21-19(25)26-17/h2-6,9-10,17H,7-8,11H2,1H3,(H,21,22,25). The van der Waals surface area contributed by atoms with Gasteiger partial charge in [-0.2, -0.15) is 0 Å². The van der Waals surface area contributed by atoms with Crippen molar-refractivity contribution in [3.05, 3.63) is 58.6 Å². The quantitative estimate of drug-likeness (QED) is 0.551. The van der Waals surface area contributed by atoms with E-state index in [2.05, 4.69) is 5.32 Å². The van der Waals surface area contributed by atoms with Crippen molar-refractivity contribution in [2.75, 3.05) is 13.2 Å². The average Bonchev–Trinajstić information content (AvgIpc) is 2.90. The molecule has 0 saturated carbocycles. The maximum absolute atomic E-state index is 11.9. The maximum Gasteiger partial charge on any atom is 0.239 e. The van der Waals surface area contributed by atoms with Gasteiger partial charge < -0.3 is 14.8 Å². The van der Waals surface area contributed by atoms with E-state index in [1.807, 2.05) is 43.3 Å². The van der Waals surface area contributed by atoms with Crippen LogP contribution in [0.1, 0.15) is 11.1 Å². The number of carbonyl (C=O) groups excluding carboxylic acids is 1. The summed E-state index contributed by atoms with van der Waals surface area (Å²) in [6.07, 6.45) is 0.505. The average molecular weight is 408 g/mol. The first-order valence-corrected chi connectivity index (χ1v) is 9.80. The summed E-state index contributed by atoms with van der Waals surface area (Å²) in [7, 11) is 0. The van der Waals surface area contributed by atoms with E-state index >= 15 is 0 Å². The lowest BCUT2D eigenvalue weighted by Gasteiger charge is -2.14. The molecule has 1 aliphatic heterocycles. The van der Waals surface area contributed by atoms with Gasteiger partial charge >= 0.3 is 0 Å². The van der Waals surface area contributed by atoms with Crippen molar-refractivity contribution in [2.45, 2.75) is 18.6 Å². The number of amides is 1. The van der Waals surface area contributed by atoms with Crippen LogP contribution in [0, 0.1) is 6.92 Å². The zero-order chi connectivity index (χ0) is 18.5. The number of benzene rings is 2. The Kier molecular flexibility index (Phi) is 6.40. The Labute approximate surface area is 167 Å². The van der Waals surface area contributed by atoms with Crippen LogP contribution in [0.5, 0.6) is 11.5 Å². The highest BCUT2D eigenvalue weighted by molar-refractivity contribution is 8.24. The highest BCUT2D eigenvalue weighted by Gasteiger charge is 2.30. The molecular formula is C19H18ClNO3S2. The molecule has 4 nitrogen and oxygen atoms in total. The number of ether oxygens (including phenoxy) is 2. The van der Waals surface area contributed by atoms with Crippen molar-refractivity contribution in [1.82, 2.24) is 5.32 Å². The van der Waals surface area contributed by atoms with Crippen molar-refractivity contribution >= 4 is 45.8 Å². The normalized spacial score (nSPS) is 16.5. The molecule has 3 rings (SSSR count). The van der Waals surface area contributed by atoms with Crippen molar-refractivity contribution in [2.24, 2.45) is 0 Å². The van der Waals surface area contributed by atoms with E-state index in [-0.39, 0.29) is 11.2 Å². The van der Waals surface area contributed by atoms with Gasteiger partial charge in [0.15, 0.2) is 0 Å². The molecular weight excluding hydrogens is 390 g/mol. The molecule has 1 unspecified atom stereocenters. The van der Waals surface area contributed by atoms with Crippen LogP contribution in [0.25, 0.3) is 0 Å². The van der Waals surface area contributed by atoms with Gasteiger partial charge in [-0.15, -0.1) is 0 Å². The lowest BCUT2D eigenvalue weighted by atomic mass is 10.1. The number of aryl methyl sites for hydroxylation is 1. The van der Waals surface area contributed by atoms with Crippen LogP contribution in [-0.4, -0.2) is 28.7 Å². The van der Waals surface area contributed by atoms with E-state index in [0.29, 0.717) is 34.7 Å². The molecule has 26 heavy (non-hydrogen) atoms. The number of hydrogen-bond donors (Lipinski definition) is 1. The highest BCUT2D eigenvalue weighted by atomic mass is 35.5. The molecule has 2 aromatic carbocycles. The Morgan fingerprint density at radius 3 is 2.73 bits per heavy atom. The van der Waals surface area contributed by atoms with Gasteiger partial charge in [-0.3, -0.25) is 4.79 Å². The molecule has 0 radical (unpaired) electrons. The summed E-state index contributed by atoms with van der Waals surface area (Å²) in [5.74, 6) is 1.44. The smallest absolute Gasteiger partial charge is 0.239 e. The van der Waals surface area contributed by atoms with Crippen LogP contribution < -0.4 is 14.8 Å². The lowest BCUT2D eigenvalue weighted by Crippen LogP contribution is -2.25. The predicted molar refractivity (Wildman–Crippen MR) is 109 cm³/mol. The molecule has 1 atom stereocenters. The molecule has 1 saturated heterocycles. The fourth-order valence-corrected chi connectivity index (χ4v) is 4.08. The first-order valence-electron chi connectivity index (χ1n) is 8.13. The van der Waals surface area contributed by atoms with Gasteiger partial charge in [-0.25, -0.2) is 0 Å². The van der Waals surface area contributed by atoms with Crippen LogP contribution in [0.15, 0.2) is 42.5 Å². The molecule has 1 fully saturated rings. The Balaban J connectivity index is 1.59. The van der Waals surface area contributed by atoms with Crippen molar-refractivity contribution in [3.63, 3.8) is 0 Å². The molecule has 136 valence electrons. The molecule has 7 heteroatoms. The highest BCUT2D eigenvalue weighted by Crippen LogP contribution is 2.29. The molecule has 1 N–H and O–H groups in total. The fourth-order valence-electron chi connectivity index (χ4n) is 2.59. The summed E-state index contributed by atoms with van der Waals surface area (Å²) in [6, 6.07) is 13.3. The third kappa shape index (κ3) is 5.13. The van der Waals surface area contributed by atoms with Gasteiger partial charge in [0.2, 0.25) is 5.91 Å². The van der Waals surface area contributed by atoms with Crippen LogP contribution >= 0.6 is 35.6 Å². The third-order valence-electron chi connectivity index (χ3n) is 3.79. The summed E-state index contributed by atoms with van der Waals surface area (Å²) in [6.45, 7) is 2.84. The summed E-state index contributed by atoms with van der Waals surface area (Å²) >= 11 is 12.5. The van der Waals surface area contributed by atoms with Gasteiger partial charge in [-0.1, -0.05) is 47.7 Å². The minimum Gasteiger partial charge on any atom is -0.490 e. The number of halogens is 1. The fraction of sp³-hybridized carbons (Fsp3) is 0.263. The van der Waals surface area contributed by atoms with Crippen LogP contribution in [-0.2, 0) is 11.2 Å². The second-order valence-corrected chi connectivity index (χ2v) is 8.17. The SMILES string of the molecule is Cc1cccc(OCCOc2ccc(Cl)cc2CC2SC(=S)NC2=O)c1. The zero-order valence-corrected chi connectivity index (χ0v) is 16.5. The summed E-state index contributed by atoms with van der Waals surface area (Å²) in [5.41, 5.74) is 2.03. The second kappa shape index (κ2) is 8.75.